The van der Waals surface area contributed by atoms with Crippen molar-refractivity contribution < 1.29 is 9.13 Å². The third-order valence-corrected chi connectivity index (χ3v) is 6.64. The Hall–Kier alpha value is -2.05. The number of ether oxygens (including phenoxy) is 1. The minimum atomic E-state index is -0.130. The lowest BCUT2D eigenvalue weighted by Gasteiger charge is -2.37. The van der Waals surface area contributed by atoms with Gasteiger partial charge in [-0.05, 0) is 59.2 Å². The normalized spacial score (nSPS) is 18.9. The number of benzene rings is 1. The Kier molecular flexibility index (Phi) is 5.83. The summed E-state index contributed by atoms with van der Waals surface area (Å²) in [6.07, 6.45) is 2.24. The highest BCUT2D eigenvalue weighted by Crippen LogP contribution is 2.32. The number of aryl methyl sites for hydroxylation is 3. The molecule has 4 rings (SSSR count). The number of fused-ring (bicyclic) bond motifs is 1. The van der Waals surface area contributed by atoms with Crippen LogP contribution in [0.5, 0.6) is 5.75 Å². The summed E-state index contributed by atoms with van der Waals surface area (Å²) in [7, 11) is 0. The number of aromatic nitrogens is 2. The predicted octanol–water partition coefficient (Wildman–Crippen LogP) is 5.61. The first-order chi connectivity index (χ1) is 13.9. The van der Waals surface area contributed by atoms with Crippen LogP contribution in [-0.4, -0.2) is 34.6 Å². The van der Waals surface area contributed by atoms with Crippen LogP contribution < -0.4 is 4.74 Å². The van der Waals surface area contributed by atoms with E-state index in [9.17, 15) is 4.39 Å². The zero-order valence-electron chi connectivity index (χ0n) is 17.5. The quantitative estimate of drug-likeness (QED) is 0.545. The monoisotopic (exact) mass is 413 g/mol. The molecule has 1 fully saturated rings. The van der Waals surface area contributed by atoms with Gasteiger partial charge in [0.2, 0.25) is 0 Å². The van der Waals surface area contributed by atoms with E-state index in [1.165, 1.54) is 0 Å². The van der Waals surface area contributed by atoms with Crippen LogP contribution in [0.25, 0.3) is 10.2 Å². The fourth-order valence-electron chi connectivity index (χ4n) is 4.28. The van der Waals surface area contributed by atoms with Gasteiger partial charge in [-0.25, -0.2) is 9.37 Å². The van der Waals surface area contributed by atoms with E-state index >= 15 is 0 Å². The van der Waals surface area contributed by atoms with Crippen molar-refractivity contribution in [1.82, 2.24) is 14.9 Å². The van der Waals surface area contributed by atoms with Crippen molar-refractivity contribution >= 4 is 21.6 Å². The maximum absolute atomic E-state index is 14.8. The molecule has 1 unspecified atom stereocenters. The highest BCUT2D eigenvalue weighted by atomic mass is 32.1. The van der Waals surface area contributed by atoms with Crippen LogP contribution in [0.2, 0.25) is 0 Å². The molecule has 1 aliphatic rings. The number of hydrogen-bond acceptors (Lipinski definition) is 5. The fraction of sp³-hybridized carbons (Fsp3) is 0.478. The Morgan fingerprint density at radius 1 is 1.17 bits per heavy atom. The van der Waals surface area contributed by atoms with E-state index in [-0.39, 0.29) is 11.9 Å². The van der Waals surface area contributed by atoms with E-state index in [4.69, 9.17) is 4.74 Å². The summed E-state index contributed by atoms with van der Waals surface area (Å²) in [4.78, 5) is 11.3. The summed E-state index contributed by atoms with van der Waals surface area (Å²) >= 11 is 1.54. The minimum absolute atomic E-state index is 0.0228. The lowest BCUT2D eigenvalue weighted by molar-refractivity contribution is 0.0994. The third-order valence-electron chi connectivity index (χ3n) is 5.70. The Balaban J connectivity index is 1.44. The molecule has 0 radical (unpaired) electrons. The molecule has 4 nitrogen and oxygen atoms in total. The van der Waals surface area contributed by atoms with Crippen molar-refractivity contribution in [2.45, 2.75) is 46.6 Å². The first-order valence-corrected chi connectivity index (χ1v) is 11.1. The van der Waals surface area contributed by atoms with Gasteiger partial charge in [0.1, 0.15) is 11.6 Å². The van der Waals surface area contributed by atoms with Crippen LogP contribution in [-0.2, 0) is 0 Å². The standard InChI is InChI=1S/C23H28FN3OS/c1-14-8-19(9-15(2)25-14)28-13-18-6-5-7-27(12-18)16(3)20-10-22-23(11-21(20)24)29-17(4)26-22/h8-11,16,18H,5-7,12-13H2,1-4H3/t16?,18-/m0/s1. The summed E-state index contributed by atoms with van der Waals surface area (Å²) in [6, 6.07) is 7.56. The third kappa shape index (κ3) is 4.59. The second kappa shape index (κ2) is 8.36. The van der Waals surface area contributed by atoms with Crippen molar-refractivity contribution in [3.63, 3.8) is 0 Å². The largest absolute Gasteiger partial charge is 0.493 e. The van der Waals surface area contributed by atoms with E-state index in [0.29, 0.717) is 12.5 Å². The van der Waals surface area contributed by atoms with Crippen molar-refractivity contribution in [2.24, 2.45) is 5.92 Å². The molecule has 29 heavy (non-hydrogen) atoms. The van der Waals surface area contributed by atoms with E-state index in [1.807, 2.05) is 39.0 Å². The van der Waals surface area contributed by atoms with Crippen molar-refractivity contribution in [1.29, 1.82) is 0 Å². The molecular weight excluding hydrogens is 385 g/mol. The van der Waals surface area contributed by atoms with Crippen LogP contribution in [0.15, 0.2) is 24.3 Å². The molecule has 0 aliphatic carbocycles. The molecule has 2 atom stereocenters. The fourth-order valence-corrected chi connectivity index (χ4v) is 5.11. The van der Waals surface area contributed by atoms with Gasteiger partial charge in [-0.15, -0.1) is 11.3 Å². The van der Waals surface area contributed by atoms with Gasteiger partial charge in [0, 0.05) is 47.6 Å². The predicted molar refractivity (Wildman–Crippen MR) is 116 cm³/mol. The smallest absolute Gasteiger partial charge is 0.129 e. The second-order valence-electron chi connectivity index (χ2n) is 8.15. The molecule has 0 saturated carbocycles. The van der Waals surface area contributed by atoms with E-state index in [0.717, 1.165) is 63.9 Å². The van der Waals surface area contributed by atoms with Crippen LogP contribution in [0.4, 0.5) is 4.39 Å². The van der Waals surface area contributed by atoms with Gasteiger partial charge in [0.05, 0.1) is 21.8 Å². The molecule has 0 N–H and O–H groups in total. The number of piperidine rings is 1. The molecule has 3 heterocycles. The Bertz CT molecular complexity index is 999. The van der Waals surface area contributed by atoms with E-state index in [1.54, 1.807) is 17.4 Å². The number of thiazole rings is 1. The molecule has 6 heteroatoms. The topological polar surface area (TPSA) is 38.2 Å². The Morgan fingerprint density at radius 3 is 2.69 bits per heavy atom. The van der Waals surface area contributed by atoms with Gasteiger partial charge in [0.25, 0.3) is 0 Å². The highest BCUT2D eigenvalue weighted by Gasteiger charge is 2.27. The number of pyridine rings is 1. The molecule has 1 aromatic carbocycles. The summed E-state index contributed by atoms with van der Waals surface area (Å²) < 4.78 is 21.8. The van der Waals surface area contributed by atoms with Crippen LogP contribution >= 0.6 is 11.3 Å². The van der Waals surface area contributed by atoms with Gasteiger partial charge in [-0.1, -0.05) is 0 Å². The zero-order valence-corrected chi connectivity index (χ0v) is 18.4. The molecule has 154 valence electrons. The molecular formula is C23H28FN3OS. The van der Waals surface area contributed by atoms with Crippen LogP contribution in [0.1, 0.15) is 47.8 Å². The number of rotatable bonds is 5. The molecule has 3 aromatic rings. The average Bonchev–Trinajstić information content (AvgIpc) is 3.03. The van der Waals surface area contributed by atoms with Gasteiger partial charge < -0.3 is 4.74 Å². The first kappa shape index (κ1) is 20.2. The van der Waals surface area contributed by atoms with Gasteiger partial charge in [0.15, 0.2) is 0 Å². The summed E-state index contributed by atoms with van der Waals surface area (Å²) in [5.74, 6) is 1.19. The second-order valence-corrected chi connectivity index (χ2v) is 9.38. The van der Waals surface area contributed by atoms with Crippen molar-refractivity contribution in [3.8, 4) is 5.75 Å². The van der Waals surface area contributed by atoms with Crippen LogP contribution in [0.3, 0.4) is 0 Å². The Labute approximate surface area is 175 Å². The van der Waals surface area contributed by atoms with Crippen molar-refractivity contribution in [3.05, 3.63) is 52.0 Å². The molecule has 0 bridgehead atoms. The lowest BCUT2D eigenvalue weighted by Crippen LogP contribution is -2.39. The average molecular weight is 414 g/mol. The lowest BCUT2D eigenvalue weighted by atomic mass is 9.95. The zero-order chi connectivity index (χ0) is 20.5. The highest BCUT2D eigenvalue weighted by molar-refractivity contribution is 7.18. The van der Waals surface area contributed by atoms with Gasteiger partial charge in [-0.3, -0.25) is 9.88 Å². The van der Waals surface area contributed by atoms with Crippen molar-refractivity contribution in [2.75, 3.05) is 19.7 Å². The summed E-state index contributed by atoms with van der Waals surface area (Å²) in [5, 5.41) is 0.973. The number of hydrogen-bond donors (Lipinski definition) is 0. The molecule has 2 aromatic heterocycles. The molecule has 0 spiro atoms. The SMILES string of the molecule is Cc1cc(OC[C@H]2CCCN(C(C)c3cc4nc(C)sc4cc3F)C2)cc(C)n1. The molecule has 1 saturated heterocycles. The maximum atomic E-state index is 14.8. The number of halogens is 1. The van der Waals surface area contributed by atoms with E-state index in [2.05, 4.69) is 21.8 Å². The number of nitrogens with zero attached hydrogens (tertiary/aromatic N) is 3. The number of likely N-dealkylation sites (tertiary alicyclic amines) is 1. The Morgan fingerprint density at radius 2 is 1.93 bits per heavy atom. The molecule has 0 amide bonds. The maximum Gasteiger partial charge on any atom is 0.129 e. The molecule has 1 aliphatic heterocycles. The first-order valence-electron chi connectivity index (χ1n) is 10.3. The van der Waals surface area contributed by atoms with Gasteiger partial charge in [-0.2, -0.15) is 0 Å². The van der Waals surface area contributed by atoms with E-state index < -0.39 is 0 Å². The minimum Gasteiger partial charge on any atom is -0.493 e. The summed E-state index contributed by atoms with van der Waals surface area (Å²) in [5.41, 5.74) is 3.59. The van der Waals surface area contributed by atoms with Gasteiger partial charge >= 0.3 is 0 Å². The van der Waals surface area contributed by atoms with Crippen LogP contribution in [0, 0.1) is 32.5 Å². The summed E-state index contributed by atoms with van der Waals surface area (Å²) in [6.45, 7) is 10.6.